The van der Waals surface area contributed by atoms with Crippen LogP contribution in [0.2, 0.25) is 0 Å². The average molecular weight is 319 g/mol. The maximum Gasteiger partial charge on any atom is 0.485 e. The molecule has 1 N–H and O–H groups in total. The number of likely N-dealkylation sites (tertiary alicyclic amines) is 1. The van der Waals surface area contributed by atoms with Crippen molar-refractivity contribution in [2.24, 2.45) is 0 Å². The minimum Gasteiger partial charge on any atom is -0.741 e. The van der Waals surface area contributed by atoms with Gasteiger partial charge in [-0.2, -0.15) is 13.2 Å². The maximum atomic E-state index is 10.7. The summed E-state index contributed by atoms with van der Waals surface area (Å²) in [5.41, 5.74) is -5.65. The van der Waals surface area contributed by atoms with E-state index in [1.165, 1.54) is 64.6 Å². The highest BCUT2D eigenvalue weighted by atomic mass is 32.2. The minimum atomic E-state index is -6.09. The van der Waals surface area contributed by atoms with Gasteiger partial charge in [-0.1, -0.05) is 26.2 Å². The third kappa shape index (κ3) is 9.55. The van der Waals surface area contributed by atoms with Crippen molar-refractivity contribution >= 4 is 10.1 Å². The number of rotatable bonds is 6. The van der Waals surface area contributed by atoms with Crippen molar-refractivity contribution in [3.05, 3.63) is 0 Å². The van der Waals surface area contributed by atoms with Crippen molar-refractivity contribution in [3.63, 3.8) is 0 Å². The third-order valence-electron chi connectivity index (χ3n) is 3.23. The average Bonchev–Trinajstić information content (AvgIpc) is 2.80. The van der Waals surface area contributed by atoms with E-state index in [1.807, 2.05) is 4.90 Å². The fourth-order valence-corrected chi connectivity index (χ4v) is 2.10. The van der Waals surface area contributed by atoms with Crippen LogP contribution < -0.4 is 4.90 Å². The van der Waals surface area contributed by atoms with Crippen LogP contribution in [0.25, 0.3) is 0 Å². The predicted molar refractivity (Wildman–Crippen MR) is 69.3 cm³/mol. The van der Waals surface area contributed by atoms with Crippen LogP contribution in [-0.4, -0.2) is 38.1 Å². The molecule has 1 heterocycles. The summed E-state index contributed by atoms with van der Waals surface area (Å²) in [6.45, 7) is 6.64. The zero-order valence-corrected chi connectivity index (χ0v) is 12.7. The van der Waals surface area contributed by atoms with Crippen LogP contribution in [0.4, 0.5) is 13.2 Å². The number of hydrogen-bond acceptors (Lipinski definition) is 3. The van der Waals surface area contributed by atoms with Crippen LogP contribution >= 0.6 is 0 Å². The second kappa shape index (κ2) is 9.57. The van der Waals surface area contributed by atoms with E-state index < -0.39 is 15.6 Å². The lowest BCUT2D eigenvalue weighted by molar-refractivity contribution is -0.887. The van der Waals surface area contributed by atoms with Gasteiger partial charge >= 0.3 is 5.51 Å². The van der Waals surface area contributed by atoms with Crippen LogP contribution in [-0.2, 0) is 10.1 Å². The molecule has 1 aliphatic heterocycles. The molecule has 0 aromatic rings. The Kier molecular flexibility index (Phi) is 9.41. The molecule has 0 spiro atoms. The quantitative estimate of drug-likeness (QED) is 0.460. The van der Waals surface area contributed by atoms with E-state index in [9.17, 15) is 13.2 Å². The standard InChI is InChI=1S/C11H23N.CHF3O3S/c1-2-3-4-5-6-9-12-10-7-8-11-12;2-1(3,4)8(5,6)7/h2-11H2,1H3;(H,5,6,7). The lowest BCUT2D eigenvalue weighted by atomic mass is 10.1. The van der Waals surface area contributed by atoms with Gasteiger partial charge in [0, 0.05) is 12.8 Å². The molecular formula is C12H24F3NO3S. The topological polar surface area (TPSA) is 61.6 Å². The summed E-state index contributed by atoms with van der Waals surface area (Å²) >= 11 is 0. The van der Waals surface area contributed by atoms with Gasteiger partial charge in [0.1, 0.15) is 0 Å². The molecule has 0 unspecified atom stereocenters. The summed E-state index contributed by atoms with van der Waals surface area (Å²) in [4.78, 5) is 1.87. The van der Waals surface area contributed by atoms with Crippen LogP contribution in [0.5, 0.6) is 0 Å². The maximum absolute atomic E-state index is 10.7. The molecule has 1 fully saturated rings. The first-order valence-electron chi connectivity index (χ1n) is 7.04. The van der Waals surface area contributed by atoms with Crippen LogP contribution in [0.3, 0.4) is 0 Å². The molecule has 0 aliphatic carbocycles. The van der Waals surface area contributed by atoms with Gasteiger partial charge in [-0.15, -0.1) is 0 Å². The van der Waals surface area contributed by atoms with Crippen LogP contribution in [0.1, 0.15) is 51.9 Å². The molecule has 0 amide bonds. The molecule has 4 nitrogen and oxygen atoms in total. The largest absolute Gasteiger partial charge is 0.741 e. The Morgan fingerprint density at radius 3 is 1.90 bits per heavy atom. The Morgan fingerprint density at radius 1 is 1.05 bits per heavy atom. The summed E-state index contributed by atoms with van der Waals surface area (Å²) in [6.07, 6.45) is 10.2. The normalized spacial score (nSPS) is 16.9. The van der Waals surface area contributed by atoms with Gasteiger partial charge in [-0.05, 0) is 12.8 Å². The van der Waals surface area contributed by atoms with Gasteiger partial charge in [0.25, 0.3) is 0 Å². The van der Waals surface area contributed by atoms with E-state index in [-0.39, 0.29) is 0 Å². The van der Waals surface area contributed by atoms with Crippen molar-refractivity contribution in [2.45, 2.75) is 57.4 Å². The molecule has 0 bridgehead atoms. The first-order valence-corrected chi connectivity index (χ1v) is 8.45. The second-order valence-corrected chi connectivity index (χ2v) is 6.39. The van der Waals surface area contributed by atoms with Crippen LogP contribution in [0.15, 0.2) is 0 Å². The minimum absolute atomic E-state index is 1.37. The summed E-state index contributed by atoms with van der Waals surface area (Å²) in [5, 5.41) is 0. The van der Waals surface area contributed by atoms with Gasteiger partial charge in [-0.25, -0.2) is 8.42 Å². The summed E-state index contributed by atoms with van der Waals surface area (Å²) < 4.78 is 58.9. The molecule has 1 aliphatic rings. The molecular weight excluding hydrogens is 295 g/mol. The molecule has 0 atom stereocenters. The number of unbranched alkanes of at least 4 members (excludes halogenated alkanes) is 4. The molecule has 122 valence electrons. The van der Waals surface area contributed by atoms with Crippen molar-refractivity contribution in [1.82, 2.24) is 0 Å². The Labute approximate surface area is 119 Å². The van der Waals surface area contributed by atoms with Gasteiger partial charge in [-0.3, -0.25) is 0 Å². The molecule has 0 aromatic heterocycles. The fraction of sp³-hybridized carbons (Fsp3) is 1.00. The lowest BCUT2D eigenvalue weighted by Crippen LogP contribution is -3.09. The van der Waals surface area contributed by atoms with Gasteiger partial charge < -0.3 is 9.45 Å². The number of quaternary nitrogens is 1. The summed E-state index contributed by atoms with van der Waals surface area (Å²) in [6, 6.07) is 0. The fourth-order valence-electron chi connectivity index (χ4n) is 2.10. The van der Waals surface area contributed by atoms with Crippen molar-refractivity contribution in [1.29, 1.82) is 0 Å². The van der Waals surface area contributed by atoms with E-state index >= 15 is 0 Å². The van der Waals surface area contributed by atoms with E-state index in [4.69, 9.17) is 13.0 Å². The molecule has 0 saturated carbocycles. The monoisotopic (exact) mass is 319 g/mol. The summed E-state index contributed by atoms with van der Waals surface area (Å²) in [5.74, 6) is 0. The van der Waals surface area contributed by atoms with Gasteiger partial charge in [0.2, 0.25) is 0 Å². The second-order valence-electron chi connectivity index (χ2n) is 5.02. The van der Waals surface area contributed by atoms with E-state index in [2.05, 4.69) is 6.92 Å². The van der Waals surface area contributed by atoms with E-state index in [1.54, 1.807) is 0 Å². The first kappa shape index (κ1) is 19.7. The van der Waals surface area contributed by atoms with Crippen molar-refractivity contribution in [3.8, 4) is 0 Å². The van der Waals surface area contributed by atoms with Crippen LogP contribution in [0, 0.1) is 0 Å². The Hall–Kier alpha value is -0.340. The zero-order valence-electron chi connectivity index (χ0n) is 11.8. The molecule has 1 rings (SSSR count). The first-order chi connectivity index (χ1) is 9.18. The number of alkyl halides is 3. The lowest BCUT2D eigenvalue weighted by Gasteiger charge is -2.10. The Morgan fingerprint density at radius 2 is 1.50 bits per heavy atom. The number of nitrogens with one attached hydrogen (secondary N) is 1. The zero-order chi connectivity index (χ0) is 15.6. The Bertz CT molecular complexity index is 338. The smallest absolute Gasteiger partial charge is 0.485 e. The third-order valence-corrected chi connectivity index (χ3v) is 3.79. The van der Waals surface area contributed by atoms with Crippen molar-refractivity contribution < 1.29 is 31.0 Å². The highest BCUT2D eigenvalue weighted by Gasteiger charge is 2.36. The highest BCUT2D eigenvalue weighted by molar-refractivity contribution is 7.86. The van der Waals surface area contributed by atoms with Gasteiger partial charge in [0.15, 0.2) is 10.1 Å². The van der Waals surface area contributed by atoms with Gasteiger partial charge in [0.05, 0.1) is 19.6 Å². The molecule has 20 heavy (non-hydrogen) atoms. The van der Waals surface area contributed by atoms with Crippen molar-refractivity contribution in [2.75, 3.05) is 19.6 Å². The SMILES string of the molecule is CCCCCCC[NH+]1CCCC1.O=S(=O)([O-])C(F)(F)F. The van der Waals surface area contributed by atoms with E-state index in [0.717, 1.165) is 0 Å². The predicted octanol–water partition coefficient (Wildman–Crippen LogP) is 1.69. The Balaban J connectivity index is 0.000000396. The highest BCUT2D eigenvalue weighted by Crippen LogP contribution is 2.20. The summed E-state index contributed by atoms with van der Waals surface area (Å²) in [7, 11) is -6.09. The number of hydrogen-bond donors (Lipinski definition) is 1. The molecule has 0 aromatic carbocycles. The number of halogens is 3. The molecule has 1 saturated heterocycles. The molecule has 8 heteroatoms. The van der Waals surface area contributed by atoms with E-state index in [0.29, 0.717) is 0 Å². The molecule has 0 radical (unpaired) electrons.